The molecule has 29 heavy (non-hydrogen) atoms. The molecular formula is C20H14O9. The van der Waals surface area contributed by atoms with E-state index in [1.54, 1.807) is 12.1 Å². The minimum atomic E-state index is -1.02. The predicted octanol–water partition coefficient (Wildman–Crippen LogP) is 0.418. The van der Waals surface area contributed by atoms with Gasteiger partial charge in [0.1, 0.15) is 11.5 Å². The highest BCUT2D eigenvalue weighted by molar-refractivity contribution is 6.06. The van der Waals surface area contributed by atoms with Crippen LogP contribution in [-0.2, 0) is 33.4 Å². The largest absolute Gasteiger partial charge is 0.497 e. The van der Waals surface area contributed by atoms with Crippen molar-refractivity contribution in [1.82, 2.24) is 0 Å². The van der Waals surface area contributed by atoms with E-state index in [0.29, 0.717) is 5.75 Å². The van der Waals surface area contributed by atoms with Crippen LogP contribution in [0, 0.1) is 35.5 Å². The van der Waals surface area contributed by atoms with E-state index in [4.69, 9.17) is 18.9 Å². The summed E-state index contributed by atoms with van der Waals surface area (Å²) in [5.74, 6) is -8.77. The normalized spacial score (nSPS) is 34.2. The molecule has 6 atom stereocenters. The molecule has 2 bridgehead atoms. The second kappa shape index (κ2) is 6.00. The lowest BCUT2D eigenvalue weighted by atomic mass is 9.52. The second-order valence-corrected chi connectivity index (χ2v) is 7.37. The van der Waals surface area contributed by atoms with Crippen LogP contribution in [0.4, 0.5) is 0 Å². The van der Waals surface area contributed by atoms with Gasteiger partial charge in [0.05, 0.1) is 30.8 Å². The molecule has 0 radical (unpaired) electrons. The molecule has 0 amide bonds. The van der Waals surface area contributed by atoms with Crippen molar-refractivity contribution in [2.75, 3.05) is 7.11 Å². The summed E-state index contributed by atoms with van der Waals surface area (Å²) >= 11 is 0. The topological polar surface area (TPSA) is 122 Å². The van der Waals surface area contributed by atoms with Crippen LogP contribution >= 0.6 is 0 Å². The van der Waals surface area contributed by atoms with Crippen molar-refractivity contribution in [3.8, 4) is 11.5 Å². The summed E-state index contributed by atoms with van der Waals surface area (Å²) in [7, 11) is 1.50. The van der Waals surface area contributed by atoms with Crippen LogP contribution in [-0.4, -0.2) is 37.0 Å². The summed E-state index contributed by atoms with van der Waals surface area (Å²) in [6, 6.07) is 6.28. The second-order valence-electron chi connectivity index (χ2n) is 7.37. The van der Waals surface area contributed by atoms with Gasteiger partial charge in [-0.3, -0.25) is 19.2 Å². The smallest absolute Gasteiger partial charge is 0.339 e. The average Bonchev–Trinajstić information content (AvgIpc) is 3.19. The molecule has 1 saturated carbocycles. The number of esters is 5. The molecule has 9 heteroatoms. The summed E-state index contributed by atoms with van der Waals surface area (Å²) in [5, 5.41) is 0. The summed E-state index contributed by atoms with van der Waals surface area (Å²) in [4.78, 5) is 61.8. The van der Waals surface area contributed by atoms with E-state index < -0.39 is 65.4 Å². The maximum absolute atomic E-state index is 12.9. The number of carbonyl (C=O) groups is 5. The van der Waals surface area contributed by atoms with Gasteiger partial charge in [0.25, 0.3) is 0 Å². The number of benzene rings is 1. The van der Waals surface area contributed by atoms with Crippen molar-refractivity contribution in [1.29, 1.82) is 0 Å². The Labute approximate surface area is 163 Å². The fraction of sp³-hybridized carbons (Fsp3) is 0.350. The van der Waals surface area contributed by atoms with Crippen LogP contribution < -0.4 is 9.47 Å². The summed E-state index contributed by atoms with van der Waals surface area (Å²) in [6.45, 7) is 0. The number of hydrogen-bond donors (Lipinski definition) is 0. The molecule has 148 valence electrons. The minimum Gasteiger partial charge on any atom is -0.497 e. The van der Waals surface area contributed by atoms with Crippen LogP contribution in [0.25, 0.3) is 0 Å². The number of methoxy groups -OCH3 is 1. The fourth-order valence-electron chi connectivity index (χ4n) is 4.96. The number of cyclic esters (lactones) is 4. The Morgan fingerprint density at radius 1 is 0.759 bits per heavy atom. The van der Waals surface area contributed by atoms with E-state index in [2.05, 4.69) is 0 Å². The lowest BCUT2D eigenvalue weighted by Crippen LogP contribution is -2.53. The van der Waals surface area contributed by atoms with Gasteiger partial charge in [-0.05, 0) is 24.3 Å². The Balaban J connectivity index is 1.52. The molecule has 0 aromatic heterocycles. The third-order valence-corrected chi connectivity index (χ3v) is 6.10. The number of carbonyl (C=O) groups excluding carboxylic acids is 5. The summed E-state index contributed by atoms with van der Waals surface area (Å²) < 4.78 is 20.0. The van der Waals surface area contributed by atoms with E-state index in [-0.39, 0.29) is 11.3 Å². The van der Waals surface area contributed by atoms with Crippen molar-refractivity contribution in [2.24, 2.45) is 35.5 Å². The summed E-state index contributed by atoms with van der Waals surface area (Å²) in [5.41, 5.74) is 0.0756. The number of rotatable bonds is 3. The van der Waals surface area contributed by atoms with Gasteiger partial charge in [-0.1, -0.05) is 6.08 Å². The Morgan fingerprint density at radius 3 is 1.76 bits per heavy atom. The molecule has 9 nitrogen and oxygen atoms in total. The van der Waals surface area contributed by atoms with Crippen LogP contribution in [0.2, 0.25) is 0 Å². The molecule has 0 spiro atoms. The third-order valence-electron chi connectivity index (χ3n) is 6.10. The molecule has 5 aliphatic rings. The van der Waals surface area contributed by atoms with Crippen molar-refractivity contribution >= 4 is 29.8 Å². The molecule has 2 saturated heterocycles. The molecule has 0 N–H and O–H groups in total. The minimum absolute atomic E-state index is 0.0756. The van der Waals surface area contributed by atoms with Gasteiger partial charge >= 0.3 is 29.8 Å². The molecular weight excluding hydrogens is 384 g/mol. The zero-order valence-electron chi connectivity index (χ0n) is 15.0. The quantitative estimate of drug-likeness (QED) is 0.405. The molecule has 2 unspecified atom stereocenters. The van der Waals surface area contributed by atoms with Gasteiger partial charge in [0.2, 0.25) is 0 Å². The van der Waals surface area contributed by atoms with E-state index in [9.17, 15) is 24.0 Å². The van der Waals surface area contributed by atoms with E-state index in [1.165, 1.54) is 25.3 Å². The van der Waals surface area contributed by atoms with Crippen LogP contribution in [0.3, 0.4) is 0 Å². The highest BCUT2D eigenvalue weighted by atomic mass is 16.6. The van der Waals surface area contributed by atoms with Gasteiger partial charge in [-0.2, -0.15) is 0 Å². The Bertz CT molecular complexity index is 963. The first-order valence-corrected chi connectivity index (χ1v) is 8.99. The van der Waals surface area contributed by atoms with Crippen molar-refractivity contribution in [3.63, 3.8) is 0 Å². The Hall–Kier alpha value is -3.49. The third kappa shape index (κ3) is 2.36. The lowest BCUT2D eigenvalue weighted by Gasteiger charge is -2.45. The molecule has 1 aromatic carbocycles. The highest BCUT2D eigenvalue weighted by Crippen LogP contribution is 2.59. The zero-order chi connectivity index (χ0) is 20.4. The van der Waals surface area contributed by atoms with E-state index >= 15 is 0 Å². The van der Waals surface area contributed by atoms with Crippen LogP contribution in [0.15, 0.2) is 35.9 Å². The molecule has 1 aromatic rings. The molecule has 6 rings (SSSR count). The van der Waals surface area contributed by atoms with Crippen molar-refractivity contribution < 1.29 is 42.9 Å². The van der Waals surface area contributed by atoms with Crippen LogP contribution in [0.5, 0.6) is 11.5 Å². The lowest BCUT2D eigenvalue weighted by molar-refractivity contribution is -0.154. The highest BCUT2D eigenvalue weighted by Gasteiger charge is 2.70. The van der Waals surface area contributed by atoms with Crippen molar-refractivity contribution in [3.05, 3.63) is 35.9 Å². The van der Waals surface area contributed by atoms with Gasteiger partial charge in [-0.25, -0.2) is 4.79 Å². The van der Waals surface area contributed by atoms with E-state index in [1.807, 2.05) is 0 Å². The zero-order valence-corrected chi connectivity index (χ0v) is 15.0. The van der Waals surface area contributed by atoms with Gasteiger partial charge in [0.15, 0.2) is 0 Å². The first-order valence-electron chi connectivity index (χ1n) is 8.99. The first-order chi connectivity index (χ1) is 13.9. The molecule has 2 heterocycles. The number of allylic oxidation sites excluding steroid dienone is 1. The van der Waals surface area contributed by atoms with E-state index in [0.717, 1.165) is 0 Å². The SMILES string of the molecule is COc1ccc(OC(=O)C2=CC3[C@H]4C(=O)OC(=O)[C@H]4C2[C@H]2C(=O)OC(=O)[C@@H]32)cc1. The van der Waals surface area contributed by atoms with Gasteiger partial charge in [-0.15, -0.1) is 0 Å². The Morgan fingerprint density at radius 2 is 1.24 bits per heavy atom. The monoisotopic (exact) mass is 398 g/mol. The van der Waals surface area contributed by atoms with Crippen LogP contribution in [0.1, 0.15) is 0 Å². The number of hydrogen-bond acceptors (Lipinski definition) is 9. The van der Waals surface area contributed by atoms with Gasteiger partial charge < -0.3 is 18.9 Å². The first kappa shape index (κ1) is 17.6. The van der Waals surface area contributed by atoms with Gasteiger partial charge in [0, 0.05) is 17.4 Å². The fourth-order valence-corrected chi connectivity index (χ4v) is 4.96. The average molecular weight is 398 g/mol. The maximum Gasteiger partial charge on any atom is 0.339 e. The summed E-state index contributed by atoms with van der Waals surface area (Å²) in [6.07, 6.45) is 1.46. The Kier molecular flexibility index (Phi) is 3.64. The molecule has 2 aliphatic heterocycles. The molecule has 3 fully saturated rings. The maximum atomic E-state index is 12.9. The molecule has 3 aliphatic carbocycles. The number of ether oxygens (including phenoxy) is 4. The predicted molar refractivity (Wildman–Crippen MR) is 89.9 cm³/mol. The van der Waals surface area contributed by atoms with Crippen molar-refractivity contribution in [2.45, 2.75) is 0 Å². The standard InChI is InChI=1S/C20H14O9/c1-26-7-2-4-8(5-3-7)27-16(21)10-6-9-12-14(19(24)28-17(12)22)11(10)15-13(9)18(23)29-20(15)25/h2-6,9,11-15H,1H3/t9?,11?,12-,13+,14+,15-.